The van der Waals surface area contributed by atoms with Crippen molar-refractivity contribution < 1.29 is 14.2 Å². The first-order valence-corrected chi connectivity index (χ1v) is 7.61. The largest absolute Gasteiger partial charge is 0.396 e. The van der Waals surface area contributed by atoms with E-state index in [2.05, 4.69) is 21.2 Å². The van der Waals surface area contributed by atoms with E-state index in [1.807, 2.05) is 30.3 Å². The molecule has 22 heavy (non-hydrogen) atoms. The third-order valence-corrected chi connectivity index (χ3v) is 3.75. The lowest BCUT2D eigenvalue weighted by molar-refractivity contribution is -0.0214. The van der Waals surface area contributed by atoms with E-state index >= 15 is 0 Å². The van der Waals surface area contributed by atoms with Gasteiger partial charge in [-0.15, -0.1) is 0 Å². The lowest BCUT2D eigenvalue weighted by Gasteiger charge is -2.24. The summed E-state index contributed by atoms with van der Waals surface area (Å²) in [5.74, 6) is -0.530. The van der Waals surface area contributed by atoms with Gasteiger partial charge in [0.2, 0.25) is 0 Å². The highest BCUT2D eigenvalue weighted by Gasteiger charge is 2.17. The highest BCUT2D eigenvalue weighted by molar-refractivity contribution is 9.10. The van der Waals surface area contributed by atoms with Gasteiger partial charge < -0.3 is 20.9 Å². The van der Waals surface area contributed by atoms with Crippen LogP contribution in [0.3, 0.4) is 0 Å². The van der Waals surface area contributed by atoms with Crippen LogP contribution >= 0.6 is 15.9 Å². The standard InChI is InChI=1S/C16H18BrFN2O2/c1-10(21)16(22-9-11-5-3-2-4-6-11)20-15-8-13(18)14(19)7-12(15)17/h2-8,10,16,20-21H,9,19H2,1H3. The van der Waals surface area contributed by atoms with Gasteiger partial charge in [0.15, 0.2) is 6.23 Å². The van der Waals surface area contributed by atoms with Gasteiger partial charge in [0, 0.05) is 10.5 Å². The smallest absolute Gasteiger partial charge is 0.154 e. The topological polar surface area (TPSA) is 67.5 Å². The molecule has 118 valence electrons. The molecule has 0 spiro atoms. The Morgan fingerprint density at radius 3 is 2.64 bits per heavy atom. The van der Waals surface area contributed by atoms with Gasteiger partial charge in [-0.05, 0) is 34.5 Å². The van der Waals surface area contributed by atoms with Crippen molar-refractivity contribution in [2.45, 2.75) is 25.9 Å². The Balaban J connectivity index is 2.07. The first-order chi connectivity index (χ1) is 10.5. The number of benzene rings is 2. The zero-order valence-electron chi connectivity index (χ0n) is 12.1. The summed E-state index contributed by atoms with van der Waals surface area (Å²) in [5.41, 5.74) is 7.00. The second-order valence-corrected chi connectivity index (χ2v) is 5.81. The summed E-state index contributed by atoms with van der Waals surface area (Å²) in [6.45, 7) is 1.93. The van der Waals surface area contributed by atoms with Crippen molar-refractivity contribution >= 4 is 27.3 Å². The summed E-state index contributed by atoms with van der Waals surface area (Å²) in [4.78, 5) is 0. The van der Waals surface area contributed by atoms with Crippen molar-refractivity contribution in [3.05, 3.63) is 58.3 Å². The summed E-state index contributed by atoms with van der Waals surface area (Å²) in [7, 11) is 0. The summed E-state index contributed by atoms with van der Waals surface area (Å²) in [6, 6.07) is 12.3. The number of aliphatic hydroxyl groups excluding tert-OH is 1. The third kappa shape index (κ3) is 4.43. The van der Waals surface area contributed by atoms with Crippen LogP contribution in [0.25, 0.3) is 0 Å². The summed E-state index contributed by atoms with van der Waals surface area (Å²) in [6.07, 6.45) is -1.46. The van der Waals surface area contributed by atoms with Crippen LogP contribution < -0.4 is 11.1 Å². The molecule has 4 N–H and O–H groups in total. The summed E-state index contributed by atoms with van der Waals surface area (Å²) >= 11 is 3.31. The minimum Gasteiger partial charge on any atom is -0.396 e. The van der Waals surface area contributed by atoms with E-state index in [1.54, 1.807) is 6.92 Å². The van der Waals surface area contributed by atoms with Crippen molar-refractivity contribution in [1.29, 1.82) is 0 Å². The molecule has 0 aliphatic heterocycles. The van der Waals surface area contributed by atoms with Gasteiger partial charge in [-0.3, -0.25) is 0 Å². The molecule has 6 heteroatoms. The number of rotatable bonds is 6. The molecule has 2 unspecified atom stereocenters. The van der Waals surface area contributed by atoms with Crippen LogP contribution in [-0.4, -0.2) is 17.4 Å². The van der Waals surface area contributed by atoms with Gasteiger partial charge in [-0.2, -0.15) is 0 Å². The van der Waals surface area contributed by atoms with Crippen molar-refractivity contribution in [3.8, 4) is 0 Å². The Kier molecular flexibility index (Phi) is 5.76. The molecule has 0 saturated heterocycles. The van der Waals surface area contributed by atoms with Crippen LogP contribution in [0.2, 0.25) is 0 Å². The number of anilines is 2. The Bertz CT molecular complexity index is 623. The van der Waals surface area contributed by atoms with Crippen molar-refractivity contribution in [1.82, 2.24) is 0 Å². The molecule has 0 heterocycles. The zero-order valence-corrected chi connectivity index (χ0v) is 13.7. The number of hydrogen-bond acceptors (Lipinski definition) is 4. The fourth-order valence-corrected chi connectivity index (χ4v) is 2.36. The lowest BCUT2D eigenvalue weighted by atomic mass is 10.2. The number of ether oxygens (including phenoxy) is 1. The molecule has 0 fully saturated rings. The van der Waals surface area contributed by atoms with Gasteiger partial charge in [0.25, 0.3) is 0 Å². The van der Waals surface area contributed by atoms with Gasteiger partial charge in [0.1, 0.15) is 5.82 Å². The Morgan fingerprint density at radius 1 is 1.32 bits per heavy atom. The first kappa shape index (κ1) is 16.7. The molecule has 0 saturated carbocycles. The average Bonchev–Trinajstić information content (AvgIpc) is 2.49. The molecule has 2 aromatic rings. The van der Waals surface area contributed by atoms with Crippen molar-refractivity contribution in [2.24, 2.45) is 0 Å². The minimum absolute atomic E-state index is 0.0521. The van der Waals surface area contributed by atoms with Crippen LogP contribution in [0.15, 0.2) is 46.9 Å². The van der Waals surface area contributed by atoms with E-state index in [-0.39, 0.29) is 5.69 Å². The van der Waals surface area contributed by atoms with Crippen LogP contribution in [0.5, 0.6) is 0 Å². The molecular weight excluding hydrogens is 351 g/mol. The van der Waals surface area contributed by atoms with Crippen LogP contribution in [0, 0.1) is 5.82 Å². The van der Waals surface area contributed by atoms with E-state index in [0.717, 1.165) is 5.56 Å². The number of hydrogen-bond donors (Lipinski definition) is 3. The van der Waals surface area contributed by atoms with Crippen molar-refractivity contribution in [3.63, 3.8) is 0 Å². The highest BCUT2D eigenvalue weighted by atomic mass is 79.9. The number of nitrogens with two attached hydrogens (primary N) is 1. The quantitative estimate of drug-likeness (QED) is 0.539. The molecular formula is C16H18BrFN2O2. The van der Waals surface area contributed by atoms with E-state index in [0.29, 0.717) is 16.8 Å². The molecule has 0 aliphatic carbocycles. The fourth-order valence-electron chi connectivity index (χ4n) is 1.89. The number of aliphatic hydroxyl groups is 1. The predicted octanol–water partition coefficient (Wildman–Crippen LogP) is 3.51. The molecule has 0 aliphatic rings. The van der Waals surface area contributed by atoms with Crippen LogP contribution in [0.1, 0.15) is 12.5 Å². The van der Waals surface area contributed by atoms with Gasteiger partial charge >= 0.3 is 0 Å². The monoisotopic (exact) mass is 368 g/mol. The molecule has 2 atom stereocenters. The van der Waals surface area contributed by atoms with E-state index in [1.165, 1.54) is 12.1 Å². The molecule has 0 aromatic heterocycles. The average molecular weight is 369 g/mol. The maximum absolute atomic E-state index is 13.6. The summed E-state index contributed by atoms with van der Waals surface area (Å²) < 4.78 is 19.9. The molecule has 2 aromatic carbocycles. The van der Waals surface area contributed by atoms with Crippen molar-refractivity contribution in [2.75, 3.05) is 11.1 Å². The molecule has 0 radical (unpaired) electrons. The Labute approximate surface area is 137 Å². The van der Waals surface area contributed by atoms with Gasteiger partial charge in [0.05, 0.1) is 24.1 Å². The molecule has 0 amide bonds. The number of nitrogens with one attached hydrogen (secondary N) is 1. The summed E-state index contributed by atoms with van der Waals surface area (Å²) in [5, 5.41) is 12.8. The maximum Gasteiger partial charge on any atom is 0.154 e. The predicted molar refractivity (Wildman–Crippen MR) is 88.8 cm³/mol. The maximum atomic E-state index is 13.6. The van der Waals surface area contributed by atoms with Crippen LogP contribution in [-0.2, 0) is 11.3 Å². The fraction of sp³-hybridized carbons (Fsp3) is 0.250. The van der Waals surface area contributed by atoms with E-state index < -0.39 is 18.1 Å². The van der Waals surface area contributed by atoms with Gasteiger partial charge in [-0.25, -0.2) is 4.39 Å². The number of halogens is 2. The van der Waals surface area contributed by atoms with Gasteiger partial charge in [-0.1, -0.05) is 30.3 Å². The third-order valence-electron chi connectivity index (χ3n) is 3.09. The molecule has 2 rings (SSSR count). The second kappa shape index (κ2) is 7.58. The highest BCUT2D eigenvalue weighted by Crippen LogP contribution is 2.28. The second-order valence-electron chi connectivity index (χ2n) is 4.96. The molecule has 4 nitrogen and oxygen atoms in total. The minimum atomic E-state index is -0.781. The van der Waals surface area contributed by atoms with Crippen LogP contribution in [0.4, 0.5) is 15.8 Å². The molecule has 0 bridgehead atoms. The first-order valence-electron chi connectivity index (χ1n) is 6.82. The number of nitrogen functional groups attached to an aromatic ring is 1. The normalized spacial score (nSPS) is 13.6. The lowest BCUT2D eigenvalue weighted by Crippen LogP contribution is -2.34. The Morgan fingerprint density at radius 2 is 2.00 bits per heavy atom. The van der Waals surface area contributed by atoms with E-state index in [4.69, 9.17) is 10.5 Å². The Hall–Kier alpha value is -1.63. The zero-order chi connectivity index (χ0) is 16.1. The van der Waals surface area contributed by atoms with E-state index in [9.17, 15) is 9.50 Å². The SMILES string of the molecule is CC(O)C(Nc1cc(F)c(N)cc1Br)OCc1ccccc1.